The van der Waals surface area contributed by atoms with Crippen molar-refractivity contribution in [2.45, 2.75) is 24.8 Å². The number of hydrogen-bond donors (Lipinski definition) is 0. The molecular weight excluding hydrogens is 340 g/mol. The molecule has 2 heterocycles. The Labute approximate surface area is 148 Å². The fourth-order valence-electron chi connectivity index (χ4n) is 3.81. The van der Waals surface area contributed by atoms with Gasteiger partial charge in [-0.2, -0.15) is 0 Å². The minimum absolute atomic E-state index is 0.0698. The van der Waals surface area contributed by atoms with E-state index in [1.165, 1.54) is 11.0 Å². The fourth-order valence-corrected chi connectivity index (χ4v) is 5.91. The van der Waals surface area contributed by atoms with Crippen molar-refractivity contribution >= 4 is 27.3 Å². The molecule has 0 aliphatic carbocycles. The summed E-state index contributed by atoms with van der Waals surface area (Å²) in [7, 11) is -1.43. The summed E-state index contributed by atoms with van der Waals surface area (Å²) in [6.07, 6.45) is 3.33. The van der Waals surface area contributed by atoms with Crippen LogP contribution in [0.5, 0.6) is 0 Å². The SMILES string of the molecule is C=CC(=O)N(C)c1ccc(C(=O)N2CCCC23CCS(=O)(=O)C3)cc1. The van der Waals surface area contributed by atoms with Crippen molar-refractivity contribution in [2.24, 2.45) is 0 Å². The maximum Gasteiger partial charge on any atom is 0.254 e. The summed E-state index contributed by atoms with van der Waals surface area (Å²) in [5.74, 6) is -0.141. The largest absolute Gasteiger partial charge is 0.332 e. The van der Waals surface area contributed by atoms with Gasteiger partial charge in [-0.05, 0) is 49.6 Å². The number of carbonyl (C=O) groups excluding carboxylic acids is 2. The number of carbonyl (C=O) groups is 2. The minimum Gasteiger partial charge on any atom is -0.332 e. The second-order valence-electron chi connectivity index (χ2n) is 6.77. The van der Waals surface area contributed by atoms with Crippen LogP contribution in [0.1, 0.15) is 29.6 Å². The van der Waals surface area contributed by atoms with Crippen molar-refractivity contribution in [3.05, 3.63) is 42.5 Å². The highest BCUT2D eigenvalue weighted by molar-refractivity contribution is 7.91. The molecule has 2 fully saturated rings. The molecule has 1 aromatic carbocycles. The van der Waals surface area contributed by atoms with Crippen LogP contribution < -0.4 is 4.90 Å². The number of sulfone groups is 1. The molecule has 134 valence electrons. The lowest BCUT2D eigenvalue weighted by Gasteiger charge is -2.34. The molecule has 1 aromatic rings. The van der Waals surface area contributed by atoms with Gasteiger partial charge in [-0.25, -0.2) is 8.42 Å². The molecule has 2 saturated heterocycles. The van der Waals surface area contributed by atoms with Crippen molar-refractivity contribution in [3.63, 3.8) is 0 Å². The van der Waals surface area contributed by atoms with Gasteiger partial charge in [-0.1, -0.05) is 6.58 Å². The van der Waals surface area contributed by atoms with E-state index in [-0.39, 0.29) is 23.3 Å². The van der Waals surface area contributed by atoms with E-state index >= 15 is 0 Å². The molecule has 0 saturated carbocycles. The van der Waals surface area contributed by atoms with E-state index in [1.807, 2.05) is 0 Å². The Morgan fingerprint density at radius 3 is 2.48 bits per heavy atom. The Kier molecular flexibility index (Phi) is 4.45. The van der Waals surface area contributed by atoms with E-state index in [1.54, 1.807) is 36.2 Å². The van der Waals surface area contributed by atoms with Crippen LogP contribution in [0.15, 0.2) is 36.9 Å². The molecule has 0 bridgehead atoms. The molecule has 2 amide bonds. The molecule has 3 rings (SSSR count). The predicted octanol–water partition coefficient (Wildman–Crippen LogP) is 1.63. The van der Waals surface area contributed by atoms with Crippen molar-refractivity contribution in [3.8, 4) is 0 Å². The predicted molar refractivity (Wildman–Crippen MR) is 96.3 cm³/mol. The summed E-state index contributed by atoms with van der Waals surface area (Å²) in [6, 6.07) is 6.78. The zero-order chi connectivity index (χ0) is 18.2. The first kappa shape index (κ1) is 17.7. The number of rotatable bonds is 3. The van der Waals surface area contributed by atoms with Crippen molar-refractivity contribution in [2.75, 3.05) is 30.0 Å². The van der Waals surface area contributed by atoms with Crippen molar-refractivity contribution < 1.29 is 18.0 Å². The molecule has 6 nitrogen and oxygen atoms in total. The van der Waals surface area contributed by atoms with Gasteiger partial charge in [0.2, 0.25) is 5.91 Å². The number of benzene rings is 1. The molecule has 0 aromatic heterocycles. The van der Waals surface area contributed by atoms with Crippen LogP contribution in [0.25, 0.3) is 0 Å². The van der Waals surface area contributed by atoms with E-state index in [2.05, 4.69) is 6.58 Å². The van der Waals surface area contributed by atoms with Gasteiger partial charge in [0, 0.05) is 24.8 Å². The van der Waals surface area contributed by atoms with Crippen LogP contribution >= 0.6 is 0 Å². The molecule has 2 aliphatic heterocycles. The molecule has 0 radical (unpaired) electrons. The summed E-state index contributed by atoms with van der Waals surface area (Å²) >= 11 is 0. The summed E-state index contributed by atoms with van der Waals surface area (Å²) in [6.45, 7) is 4.04. The van der Waals surface area contributed by atoms with Crippen LogP contribution in [0.2, 0.25) is 0 Å². The van der Waals surface area contributed by atoms with Gasteiger partial charge in [-0.3, -0.25) is 9.59 Å². The highest BCUT2D eigenvalue weighted by Gasteiger charge is 2.50. The number of likely N-dealkylation sites (N-methyl/N-ethyl adjacent to an activating group) is 1. The Morgan fingerprint density at radius 1 is 1.24 bits per heavy atom. The zero-order valence-corrected chi connectivity index (χ0v) is 15.1. The molecule has 1 atom stereocenters. The molecule has 0 N–H and O–H groups in total. The molecular formula is C18H22N2O4S. The Hall–Kier alpha value is -2.15. The Morgan fingerprint density at radius 2 is 1.92 bits per heavy atom. The second-order valence-corrected chi connectivity index (χ2v) is 8.96. The third-order valence-corrected chi connectivity index (χ3v) is 7.02. The van der Waals surface area contributed by atoms with Crippen molar-refractivity contribution in [1.82, 2.24) is 4.90 Å². The third-order valence-electron chi connectivity index (χ3n) is 5.22. The van der Waals surface area contributed by atoms with Crippen LogP contribution in [-0.4, -0.2) is 55.8 Å². The molecule has 7 heteroatoms. The monoisotopic (exact) mass is 362 g/mol. The van der Waals surface area contributed by atoms with Crippen molar-refractivity contribution in [1.29, 1.82) is 0 Å². The maximum absolute atomic E-state index is 12.9. The van der Waals surface area contributed by atoms with Gasteiger partial charge >= 0.3 is 0 Å². The summed E-state index contributed by atoms with van der Waals surface area (Å²) in [5.41, 5.74) is 0.638. The van der Waals surface area contributed by atoms with Crippen LogP contribution in [0, 0.1) is 0 Å². The minimum atomic E-state index is -3.06. The average Bonchev–Trinajstić information content (AvgIpc) is 3.15. The number of nitrogens with zero attached hydrogens (tertiary/aromatic N) is 2. The normalized spacial score (nSPS) is 24.4. The Balaban J connectivity index is 1.81. The quantitative estimate of drug-likeness (QED) is 0.766. The Bertz CT molecular complexity index is 816. The van der Waals surface area contributed by atoms with E-state index < -0.39 is 15.4 Å². The zero-order valence-electron chi connectivity index (χ0n) is 14.3. The van der Waals surface area contributed by atoms with E-state index in [9.17, 15) is 18.0 Å². The van der Waals surface area contributed by atoms with Gasteiger partial charge < -0.3 is 9.80 Å². The van der Waals surface area contributed by atoms with Crippen LogP contribution in [-0.2, 0) is 14.6 Å². The first-order valence-corrected chi connectivity index (χ1v) is 10.1. The summed E-state index contributed by atoms with van der Waals surface area (Å²) in [5, 5.41) is 0. The summed E-state index contributed by atoms with van der Waals surface area (Å²) in [4.78, 5) is 27.8. The van der Waals surface area contributed by atoms with E-state index in [0.717, 1.165) is 12.8 Å². The number of hydrogen-bond acceptors (Lipinski definition) is 4. The summed E-state index contributed by atoms with van der Waals surface area (Å²) < 4.78 is 23.8. The molecule has 1 unspecified atom stereocenters. The first-order chi connectivity index (χ1) is 11.8. The van der Waals surface area contributed by atoms with Gasteiger partial charge in [0.25, 0.3) is 5.91 Å². The molecule has 2 aliphatic rings. The number of anilines is 1. The van der Waals surface area contributed by atoms with Gasteiger partial charge in [0.05, 0.1) is 17.0 Å². The lowest BCUT2D eigenvalue weighted by molar-refractivity contribution is -0.113. The van der Waals surface area contributed by atoms with Gasteiger partial charge in [0.15, 0.2) is 9.84 Å². The average molecular weight is 362 g/mol. The highest BCUT2D eigenvalue weighted by Crippen LogP contribution is 2.39. The van der Waals surface area contributed by atoms with E-state index in [0.29, 0.717) is 24.2 Å². The maximum atomic E-state index is 12.9. The molecule has 25 heavy (non-hydrogen) atoms. The second kappa shape index (κ2) is 6.29. The first-order valence-electron chi connectivity index (χ1n) is 8.31. The molecule has 1 spiro atoms. The van der Waals surface area contributed by atoms with E-state index in [4.69, 9.17) is 0 Å². The number of likely N-dealkylation sites (tertiary alicyclic amines) is 1. The van der Waals surface area contributed by atoms with Gasteiger partial charge in [0.1, 0.15) is 0 Å². The van der Waals surface area contributed by atoms with Crippen LogP contribution in [0.4, 0.5) is 5.69 Å². The van der Waals surface area contributed by atoms with Crippen LogP contribution in [0.3, 0.4) is 0 Å². The smallest absolute Gasteiger partial charge is 0.254 e. The topological polar surface area (TPSA) is 74.8 Å². The third kappa shape index (κ3) is 3.20. The number of amides is 2. The lowest BCUT2D eigenvalue weighted by Crippen LogP contribution is -2.48. The standard InChI is InChI=1S/C18H22N2O4S/c1-3-16(21)19(2)15-7-5-14(6-8-15)17(22)20-11-4-9-18(20)10-12-25(23,24)13-18/h3,5-8H,1,4,9-13H2,2H3. The highest BCUT2D eigenvalue weighted by atomic mass is 32.2. The lowest BCUT2D eigenvalue weighted by atomic mass is 9.95. The van der Waals surface area contributed by atoms with Gasteiger partial charge in [-0.15, -0.1) is 0 Å². The fraction of sp³-hybridized carbons (Fsp3) is 0.444.